The molecule has 6 nitrogen and oxygen atoms in total. The molecule has 6 heteroatoms. The van der Waals surface area contributed by atoms with Crippen molar-refractivity contribution in [1.82, 2.24) is 19.3 Å². The van der Waals surface area contributed by atoms with Crippen molar-refractivity contribution in [3.8, 4) is 0 Å². The Bertz CT molecular complexity index is 626. The number of hydrogen-bond donors (Lipinski definition) is 1. The van der Waals surface area contributed by atoms with E-state index >= 15 is 0 Å². The fourth-order valence-electron chi connectivity index (χ4n) is 1.99. The summed E-state index contributed by atoms with van der Waals surface area (Å²) in [6.45, 7) is 3.20. The summed E-state index contributed by atoms with van der Waals surface area (Å²) in [4.78, 5) is 16.1. The molecule has 0 bridgehead atoms. The van der Waals surface area contributed by atoms with E-state index in [9.17, 15) is 4.79 Å². The van der Waals surface area contributed by atoms with Gasteiger partial charge in [0.2, 0.25) is 0 Å². The highest BCUT2D eigenvalue weighted by Gasteiger charge is 2.20. The van der Waals surface area contributed by atoms with Crippen molar-refractivity contribution < 1.29 is 0 Å². The molecule has 0 aromatic carbocycles. The predicted molar refractivity (Wildman–Crippen MR) is 72.1 cm³/mol. The standard InChI is InChI=1S/C13H17N5O/c1-10-14-4-5-17(10)6-7-18-13(19)8-12(9-15-18)16-11-2-3-11/h4-5,8-9,11,16H,2-3,6-7H2,1H3. The van der Waals surface area contributed by atoms with E-state index in [1.807, 2.05) is 17.7 Å². The van der Waals surface area contributed by atoms with Gasteiger partial charge in [-0.15, -0.1) is 0 Å². The number of anilines is 1. The van der Waals surface area contributed by atoms with Gasteiger partial charge in [0.15, 0.2) is 0 Å². The van der Waals surface area contributed by atoms with Crippen LogP contribution < -0.4 is 10.9 Å². The minimum absolute atomic E-state index is 0.0663. The second-order valence-corrected chi connectivity index (χ2v) is 4.89. The summed E-state index contributed by atoms with van der Waals surface area (Å²) in [5.41, 5.74) is 0.756. The van der Waals surface area contributed by atoms with E-state index < -0.39 is 0 Å². The zero-order valence-electron chi connectivity index (χ0n) is 10.9. The van der Waals surface area contributed by atoms with Gasteiger partial charge in [-0.3, -0.25) is 4.79 Å². The topological polar surface area (TPSA) is 64.7 Å². The maximum atomic E-state index is 11.9. The predicted octanol–water partition coefficient (Wildman–Crippen LogP) is 1.02. The van der Waals surface area contributed by atoms with Crippen molar-refractivity contribution in [2.24, 2.45) is 0 Å². The van der Waals surface area contributed by atoms with E-state index in [-0.39, 0.29) is 5.56 Å². The summed E-state index contributed by atoms with van der Waals surface area (Å²) in [7, 11) is 0. The maximum absolute atomic E-state index is 11.9. The van der Waals surface area contributed by atoms with E-state index in [4.69, 9.17) is 0 Å². The van der Waals surface area contributed by atoms with E-state index in [2.05, 4.69) is 15.4 Å². The molecular formula is C13H17N5O. The van der Waals surface area contributed by atoms with Crippen molar-refractivity contribution in [3.63, 3.8) is 0 Å². The largest absolute Gasteiger partial charge is 0.381 e. The monoisotopic (exact) mass is 259 g/mol. The summed E-state index contributed by atoms with van der Waals surface area (Å²) in [5, 5.41) is 7.47. The second-order valence-electron chi connectivity index (χ2n) is 4.89. The van der Waals surface area contributed by atoms with Crippen molar-refractivity contribution in [1.29, 1.82) is 0 Å². The fourth-order valence-corrected chi connectivity index (χ4v) is 1.99. The first kappa shape index (κ1) is 12.0. The van der Waals surface area contributed by atoms with Crippen LogP contribution in [0.15, 0.2) is 29.5 Å². The molecule has 2 aromatic heterocycles. The normalized spacial score (nSPS) is 14.6. The SMILES string of the molecule is Cc1nccn1CCn1ncc(NC2CC2)cc1=O. The molecule has 0 unspecified atom stereocenters. The lowest BCUT2D eigenvalue weighted by Gasteiger charge is -2.08. The Kier molecular flexibility index (Phi) is 3.06. The minimum atomic E-state index is -0.0663. The van der Waals surface area contributed by atoms with Gasteiger partial charge >= 0.3 is 0 Å². The molecule has 3 rings (SSSR count). The highest BCUT2D eigenvalue weighted by molar-refractivity contribution is 5.41. The Morgan fingerprint density at radius 1 is 1.42 bits per heavy atom. The summed E-state index contributed by atoms with van der Waals surface area (Å²) in [6, 6.07) is 2.15. The number of nitrogens with zero attached hydrogens (tertiary/aromatic N) is 4. The van der Waals surface area contributed by atoms with Crippen LogP contribution in [-0.4, -0.2) is 25.4 Å². The first-order chi connectivity index (χ1) is 9.22. The van der Waals surface area contributed by atoms with Crippen LogP contribution in [0.2, 0.25) is 0 Å². The fraction of sp³-hybridized carbons (Fsp3) is 0.462. The Morgan fingerprint density at radius 3 is 2.89 bits per heavy atom. The summed E-state index contributed by atoms with van der Waals surface area (Å²) in [6.07, 6.45) is 7.75. The minimum Gasteiger partial charge on any atom is -0.381 e. The molecule has 1 saturated carbocycles. The van der Waals surface area contributed by atoms with Crippen LogP contribution in [0.4, 0.5) is 5.69 Å². The van der Waals surface area contributed by atoms with Crippen molar-refractivity contribution in [2.75, 3.05) is 5.32 Å². The quantitative estimate of drug-likeness (QED) is 0.870. The van der Waals surface area contributed by atoms with Gasteiger partial charge in [0.1, 0.15) is 5.82 Å². The van der Waals surface area contributed by atoms with Crippen molar-refractivity contribution in [2.45, 2.75) is 38.9 Å². The van der Waals surface area contributed by atoms with Crippen LogP contribution in [0.3, 0.4) is 0 Å². The summed E-state index contributed by atoms with van der Waals surface area (Å²) >= 11 is 0. The van der Waals surface area contributed by atoms with Crippen LogP contribution in [-0.2, 0) is 13.1 Å². The Labute approximate surface area is 111 Å². The molecule has 1 N–H and O–H groups in total. The molecule has 1 aliphatic carbocycles. The van der Waals surface area contributed by atoms with Gasteiger partial charge < -0.3 is 9.88 Å². The molecule has 1 aliphatic rings. The Morgan fingerprint density at radius 2 is 2.26 bits per heavy atom. The molecule has 2 aromatic rings. The highest BCUT2D eigenvalue weighted by Crippen LogP contribution is 2.23. The van der Waals surface area contributed by atoms with Gasteiger partial charge in [-0.1, -0.05) is 0 Å². The van der Waals surface area contributed by atoms with Crippen LogP contribution >= 0.6 is 0 Å². The van der Waals surface area contributed by atoms with E-state index in [0.29, 0.717) is 19.1 Å². The van der Waals surface area contributed by atoms with E-state index in [1.165, 1.54) is 17.5 Å². The summed E-state index contributed by atoms with van der Waals surface area (Å²) < 4.78 is 3.49. The van der Waals surface area contributed by atoms with Gasteiger partial charge in [0.25, 0.3) is 5.56 Å². The average Bonchev–Trinajstić information content (AvgIpc) is 3.10. The third kappa shape index (κ3) is 2.83. The molecule has 0 saturated heterocycles. The maximum Gasteiger partial charge on any atom is 0.268 e. The summed E-state index contributed by atoms with van der Waals surface area (Å²) in [5.74, 6) is 0.945. The number of imidazole rings is 1. The van der Waals surface area contributed by atoms with Crippen LogP contribution in [0, 0.1) is 6.92 Å². The molecule has 0 atom stereocenters. The smallest absolute Gasteiger partial charge is 0.268 e. The zero-order chi connectivity index (χ0) is 13.2. The third-order valence-electron chi connectivity index (χ3n) is 3.29. The molecule has 0 aliphatic heterocycles. The lowest BCUT2D eigenvalue weighted by molar-refractivity contribution is 0.505. The zero-order valence-corrected chi connectivity index (χ0v) is 10.9. The first-order valence-corrected chi connectivity index (χ1v) is 6.54. The number of aryl methyl sites for hydroxylation is 3. The van der Waals surface area contributed by atoms with E-state index in [1.54, 1.807) is 18.5 Å². The lowest BCUT2D eigenvalue weighted by atomic mass is 10.4. The molecule has 0 radical (unpaired) electrons. The number of aromatic nitrogens is 4. The second kappa shape index (κ2) is 4.87. The molecule has 2 heterocycles. The van der Waals surface area contributed by atoms with Crippen molar-refractivity contribution in [3.05, 3.63) is 40.8 Å². The molecule has 0 spiro atoms. The van der Waals surface area contributed by atoms with Gasteiger partial charge in [0, 0.05) is 31.0 Å². The van der Waals surface area contributed by atoms with Crippen LogP contribution in [0.5, 0.6) is 0 Å². The molecule has 1 fully saturated rings. The van der Waals surface area contributed by atoms with Gasteiger partial charge in [-0.25, -0.2) is 9.67 Å². The van der Waals surface area contributed by atoms with Gasteiger partial charge in [0.05, 0.1) is 18.4 Å². The first-order valence-electron chi connectivity index (χ1n) is 6.54. The number of hydrogen-bond acceptors (Lipinski definition) is 4. The Hall–Kier alpha value is -2.11. The number of nitrogens with one attached hydrogen (secondary N) is 1. The molecule has 100 valence electrons. The average molecular weight is 259 g/mol. The van der Waals surface area contributed by atoms with Gasteiger partial charge in [-0.05, 0) is 19.8 Å². The van der Waals surface area contributed by atoms with Gasteiger partial charge in [-0.2, -0.15) is 5.10 Å². The van der Waals surface area contributed by atoms with E-state index in [0.717, 1.165) is 11.5 Å². The lowest BCUT2D eigenvalue weighted by Crippen LogP contribution is -2.25. The molecule has 0 amide bonds. The highest BCUT2D eigenvalue weighted by atomic mass is 16.1. The molecule has 19 heavy (non-hydrogen) atoms. The number of rotatable bonds is 5. The Balaban J connectivity index is 1.67. The van der Waals surface area contributed by atoms with Crippen LogP contribution in [0.1, 0.15) is 18.7 Å². The van der Waals surface area contributed by atoms with Crippen molar-refractivity contribution >= 4 is 5.69 Å². The third-order valence-corrected chi connectivity index (χ3v) is 3.29. The van der Waals surface area contributed by atoms with Crippen LogP contribution in [0.25, 0.3) is 0 Å². The molecular weight excluding hydrogens is 242 g/mol.